The summed E-state index contributed by atoms with van der Waals surface area (Å²) in [5.41, 5.74) is 1.72. The van der Waals surface area contributed by atoms with E-state index >= 15 is 0 Å². The van der Waals surface area contributed by atoms with Crippen molar-refractivity contribution in [2.45, 2.75) is 13.0 Å². The number of carbonyl (C=O) groups excluding carboxylic acids is 1. The number of nitrogens with zero attached hydrogens (tertiary/aromatic N) is 2. The molecule has 1 aliphatic rings. The second-order valence-electron chi connectivity index (χ2n) is 6.86. The highest BCUT2D eigenvalue weighted by Crippen LogP contribution is 2.26. The molecule has 0 saturated carbocycles. The lowest BCUT2D eigenvalue weighted by Gasteiger charge is -2.37. The molecule has 1 saturated heterocycles. The number of hydrogen-bond donors (Lipinski definition) is 1. The SMILES string of the molecule is CC(NS(=O)(=O)/C=C/c1ccccc1)C(=O)N1CCN(c2ccccc2Cl)CC1. The zero-order chi connectivity index (χ0) is 20.9. The second-order valence-corrected chi connectivity index (χ2v) is 8.87. The molecule has 3 rings (SSSR count). The van der Waals surface area contributed by atoms with Crippen LogP contribution in [0, 0.1) is 0 Å². The number of anilines is 1. The Morgan fingerprint density at radius 1 is 1.03 bits per heavy atom. The summed E-state index contributed by atoms with van der Waals surface area (Å²) in [6, 6.07) is 15.9. The molecule has 8 heteroatoms. The van der Waals surface area contributed by atoms with Gasteiger partial charge in [-0.25, -0.2) is 8.42 Å². The van der Waals surface area contributed by atoms with Crippen molar-refractivity contribution in [2.24, 2.45) is 0 Å². The number of nitrogens with one attached hydrogen (secondary N) is 1. The van der Waals surface area contributed by atoms with Crippen molar-refractivity contribution in [3.8, 4) is 0 Å². The van der Waals surface area contributed by atoms with Crippen molar-refractivity contribution < 1.29 is 13.2 Å². The van der Waals surface area contributed by atoms with Gasteiger partial charge in [0, 0.05) is 31.6 Å². The van der Waals surface area contributed by atoms with Crippen LogP contribution in [0.1, 0.15) is 12.5 Å². The molecule has 0 bridgehead atoms. The third kappa shape index (κ3) is 5.82. The van der Waals surface area contributed by atoms with Crippen LogP contribution in [-0.4, -0.2) is 51.4 Å². The minimum Gasteiger partial charge on any atom is -0.367 e. The Kier molecular flexibility index (Phi) is 6.95. The molecule has 0 spiro atoms. The number of amides is 1. The molecule has 2 aromatic carbocycles. The number of hydrogen-bond acceptors (Lipinski definition) is 4. The van der Waals surface area contributed by atoms with Gasteiger partial charge in [0.2, 0.25) is 15.9 Å². The molecule has 1 atom stereocenters. The van der Waals surface area contributed by atoms with E-state index in [1.807, 2.05) is 42.5 Å². The van der Waals surface area contributed by atoms with E-state index in [0.717, 1.165) is 16.7 Å². The van der Waals surface area contributed by atoms with Crippen LogP contribution >= 0.6 is 11.6 Å². The smallest absolute Gasteiger partial charge is 0.240 e. The van der Waals surface area contributed by atoms with Crippen LogP contribution < -0.4 is 9.62 Å². The van der Waals surface area contributed by atoms with Crippen LogP contribution in [0.2, 0.25) is 5.02 Å². The van der Waals surface area contributed by atoms with Gasteiger partial charge < -0.3 is 9.80 Å². The first-order valence-corrected chi connectivity index (χ1v) is 11.3. The first-order chi connectivity index (χ1) is 13.9. The molecule has 29 heavy (non-hydrogen) atoms. The number of para-hydroxylation sites is 1. The first kappa shape index (κ1) is 21.4. The normalized spacial score (nSPS) is 16.2. The number of piperazine rings is 1. The Morgan fingerprint density at radius 2 is 1.66 bits per heavy atom. The van der Waals surface area contributed by atoms with E-state index in [2.05, 4.69) is 9.62 Å². The molecule has 154 valence electrons. The van der Waals surface area contributed by atoms with Crippen LogP contribution in [-0.2, 0) is 14.8 Å². The van der Waals surface area contributed by atoms with Crippen LogP contribution in [0.3, 0.4) is 0 Å². The van der Waals surface area contributed by atoms with E-state index < -0.39 is 16.1 Å². The number of sulfonamides is 1. The maximum Gasteiger partial charge on any atom is 0.240 e. The maximum absolute atomic E-state index is 12.7. The van der Waals surface area contributed by atoms with E-state index in [0.29, 0.717) is 31.2 Å². The number of benzene rings is 2. The lowest BCUT2D eigenvalue weighted by molar-refractivity contribution is -0.132. The van der Waals surface area contributed by atoms with Gasteiger partial charge in [0.15, 0.2) is 0 Å². The number of rotatable bonds is 6. The highest BCUT2D eigenvalue weighted by atomic mass is 35.5. The Labute approximate surface area is 176 Å². The summed E-state index contributed by atoms with van der Waals surface area (Å²) in [6.45, 7) is 3.87. The van der Waals surface area contributed by atoms with Crippen molar-refractivity contribution in [3.05, 3.63) is 70.6 Å². The molecule has 1 amide bonds. The van der Waals surface area contributed by atoms with Crippen LogP contribution in [0.25, 0.3) is 6.08 Å². The zero-order valence-corrected chi connectivity index (χ0v) is 17.7. The summed E-state index contributed by atoms with van der Waals surface area (Å²) in [7, 11) is -3.73. The van der Waals surface area contributed by atoms with E-state index in [1.54, 1.807) is 24.0 Å². The van der Waals surface area contributed by atoms with E-state index in [1.165, 1.54) is 6.08 Å². The van der Waals surface area contributed by atoms with Crippen LogP contribution in [0.15, 0.2) is 60.0 Å². The average molecular weight is 434 g/mol. The Morgan fingerprint density at radius 3 is 2.31 bits per heavy atom. The molecule has 1 fully saturated rings. The largest absolute Gasteiger partial charge is 0.367 e. The molecule has 1 N–H and O–H groups in total. The monoisotopic (exact) mass is 433 g/mol. The summed E-state index contributed by atoms with van der Waals surface area (Å²) in [5, 5.41) is 1.76. The standard InChI is InChI=1S/C21H24ClN3O3S/c1-17(23-29(27,28)16-11-18-7-3-2-4-8-18)21(26)25-14-12-24(13-15-25)20-10-6-5-9-19(20)22/h2-11,16-17,23H,12-15H2,1H3/b16-11+. The lowest BCUT2D eigenvalue weighted by Crippen LogP contribution is -2.54. The van der Waals surface area contributed by atoms with Gasteiger partial charge in [-0.2, -0.15) is 4.72 Å². The van der Waals surface area contributed by atoms with Crippen LogP contribution in [0.5, 0.6) is 0 Å². The van der Waals surface area contributed by atoms with E-state index in [4.69, 9.17) is 11.6 Å². The second kappa shape index (κ2) is 9.43. The van der Waals surface area contributed by atoms with Gasteiger partial charge in [0.1, 0.15) is 0 Å². The summed E-state index contributed by atoms with van der Waals surface area (Å²) in [5.74, 6) is -0.236. The van der Waals surface area contributed by atoms with Crippen molar-refractivity contribution in [2.75, 3.05) is 31.1 Å². The fourth-order valence-electron chi connectivity index (χ4n) is 3.22. The first-order valence-electron chi connectivity index (χ1n) is 9.39. The summed E-state index contributed by atoms with van der Waals surface area (Å²) < 4.78 is 27.0. The van der Waals surface area contributed by atoms with Crippen molar-refractivity contribution in [1.82, 2.24) is 9.62 Å². The Bertz CT molecular complexity index is 972. The number of halogens is 1. The van der Waals surface area contributed by atoms with Gasteiger partial charge in [-0.3, -0.25) is 4.79 Å². The molecule has 0 radical (unpaired) electrons. The zero-order valence-electron chi connectivity index (χ0n) is 16.2. The molecule has 0 aliphatic carbocycles. The predicted octanol–water partition coefficient (Wildman–Crippen LogP) is 2.97. The molecular formula is C21H24ClN3O3S. The van der Waals surface area contributed by atoms with Gasteiger partial charge in [0.05, 0.1) is 16.8 Å². The third-order valence-corrected chi connectivity index (χ3v) is 6.23. The number of carbonyl (C=O) groups is 1. The van der Waals surface area contributed by atoms with Crippen molar-refractivity contribution in [3.63, 3.8) is 0 Å². The van der Waals surface area contributed by atoms with E-state index in [9.17, 15) is 13.2 Å². The topological polar surface area (TPSA) is 69.7 Å². The Balaban J connectivity index is 1.55. The fraction of sp³-hybridized carbons (Fsp3) is 0.286. The van der Waals surface area contributed by atoms with Crippen LogP contribution in [0.4, 0.5) is 5.69 Å². The summed E-state index contributed by atoms with van der Waals surface area (Å²) >= 11 is 6.25. The fourth-order valence-corrected chi connectivity index (χ4v) is 4.48. The lowest BCUT2D eigenvalue weighted by atomic mass is 10.2. The minimum absolute atomic E-state index is 0.236. The predicted molar refractivity (Wildman–Crippen MR) is 117 cm³/mol. The van der Waals surface area contributed by atoms with Gasteiger partial charge in [-0.05, 0) is 30.7 Å². The quantitative estimate of drug-likeness (QED) is 0.760. The van der Waals surface area contributed by atoms with Gasteiger partial charge in [-0.1, -0.05) is 54.1 Å². The maximum atomic E-state index is 12.7. The van der Waals surface area contributed by atoms with Crippen molar-refractivity contribution in [1.29, 1.82) is 0 Å². The third-order valence-electron chi connectivity index (χ3n) is 4.74. The summed E-state index contributed by atoms with van der Waals surface area (Å²) in [4.78, 5) is 16.5. The molecule has 6 nitrogen and oxygen atoms in total. The molecule has 1 heterocycles. The summed E-state index contributed by atoms with van der Waals surface area (Å²) in [6.07, 6.45) is 1.50. The van der Waals surface area contributed by atoms with Gasteiger partial charge >= 0.3 is 0 Å². The minimum atomic E-state index is -3.73. The molecule has 2 aromatic rings. The highest BCUT2D eigenvalue weighted by Gasteiger charge is 2.27. The van der Waals surface area contributed by atoms with Gasteiger partial charge in [0.25, 0.3) is 0 Å². The highest BCUT2D eigenvalue weighted by molar-refractivity contribution is 7.92. The van der Waals surface area contributed by atoms with Crippen molar-refractivity contribution >= 4 is 39.3 Å². The molecule has 0 aromatic heterocycles. The van der Waals surface area contributed by atoms with Gasteiger partial charge in [-0.15, -0.1) is 0 Å². The molecular weight excluding hydrogens is 410 g/mol. The molecule has 1 unspecified atom stereocenters. The Hall–Kier alpha value is -2.35. The average Bonchev–Trinajstić information content (AvgIpc) is 2.73. The molecule has 1 aliphatic heterocycles. The van der Waals surface area contributed by atoms with E-state index in [-0.39, 0.29) is 5.91 Å².